The third-order valence-corrected chi connectivity index (χ3v) is 2.17. The van der Waals surface area contributed by atoms with Gasteiger partial charge in [0.05, 0.1) is 0 Å². The second-order valence-electron chi connectivity index (χ2n) is 3.09. The number of aryl methyl sites for hydroxylation is 2. The van der Waals surface area contributed by atoms with E-state index in [9.17, 15) is 0 Å². The van der Waals surface area contributed by atoms with Crippen molar-refractivity contribution >= 4 is 0 Å². The Morgan fingerprint density at radius 2 is 1.31 bits per heavy atom. The molecule has 0 heterocycles. The van der Waals surface area contributed by atoms with E-state index in [1.165, 1.54) is 11.1 Å². The Balaban J connectivity index is 0.000000845. The van der Waals surface area contributed by atoms with Crippen LogP contribution in [0.4, 0.5) is 0 Å². The summed E-state index contributed by atoms with van der Waals surface area (Å²) in [6.45, 7) is 0. The van der Waals surface area contributed by atoms with Crippen molar-refractivity contribution in [3.8, 4) is 0 Å². The van der Waals surface area contributed by atoms with Gasteiger partial charge in [0.2, 0.25) is 0 Å². The fourth-order valence-corrected chi connectivity index (χ4v) is 1.45. The van der Waals surface area contributed by atoms with Crippen molar-refractivity contribution in [2.75, 3.05) is 0 Å². The van der Waals surface area contributed by atoms with Crippen LogP contribution in [0.15, 0.2) is 48.5 Å². The molecule has 0 spiro atoms. The van der Waals surface area contributed by atoms with E-state index in [1.54, 1.807) is 0 Å². The summed E-state index contributed by atoms with van der Waals surface area (Å²) in [6.07, 6.45) is 2.33. The second kappa shape index (κ2) is 5.06. The minimum Gasteiger partial charge on any atom is -0.213 e. The molecule has 0 fully saturated rings. The zero-order valence-electron chi connectivity index (χ0n) is 7.39. The van der Waals surface area contributed by atoms with Crippen molar-refractivity contribution in [1.82, 2.24) is 0 Å². The van der Waals surface area contributed by atoms with Gasteiger partial charge in [0.15, 0.2) is 0 Å². The molecule has 0 radical (unpaired) electrons. The van der Waals surface area contributed by atoms with Crippen molar-refractivity contribution in [1.29, 1.82) is 0 Å². The van der Waals surface area contributed by atoms with Crippen molar-refractivity contribution in [2.24, 2.45) is 0 Å². The number of hydrogen-bond donors (Lipinski definition) is 0. The molecule has 2 aromatic rings. The molecule has 0 amide bonds. The van der Waals surface area contributed by atoms with Gasteiger partial charge in [-0.15, -0.1) is 0 Å². The Labute approximate surface area is 89.8 Å². The first-order valence-corrected chi connectivity index (χ1v) is 4.36. The third kappa shape index (κ3) is 2.87. The van der Waals surface area contributed by atoms with Crippen LogP contribution in [0.3, 0.4) is 0 Å². The van der Waals surface area contributed by atoms with Gasteiger partial charge in [0, 0.05) is 0 Å². The summed E-state index contributed by atoms with van der Waals surface area (Å²) in [6, 6.07) is 17.1. The molecule has 0 aliphatic heterocycles. The Morgan fingerprint density at radius 1 is 0.846 bits per heavy atom. The minimum atomic E-state index is 0. The summed E-state index contributed by atoms with van der Waals surface area (Å²) < 4.78 is 0. The Hall–Kier alpha value is -0.781. The summed E-state index contributed by atoms with van der Waals surface area (Å²) in [5.74, 6) is 0. The van der Waals surface area contributed by atoms with E-state index in [-0.39, 0.29) is 17.1 Å². The molecule has 0 nitrogen and oxygen atoms in total. The molecule has 0 N–H and O–H groups in total. The van der Waals surface area contributed by atoms with E-state index >= 15 is 0 Å². The first kappa shape index (κ1) is 10.3. The van der Waals surface area contributed by atoms with E-state index in [0.29, 0.717) is 0 Å². The molecule has 13 heavy (non-hydrogen) atoms. The average Bonchev–Trinajstić information content (AvgIpc) is 2.74. The normalized spacial score (nSPS) is 9.54. The maximum Gasteiger partial charge on any atom is 2.00 e. The molecule has 0 saturated carbocycles. The van der Waals surface area contributed by atoms with Gasteiger partial charge in [-0.05, 0) is 12.8 Å². The fraction of sp³-hybridized carbons (Fsp3) is 0.167. The van der Waals surface area contributed by atoms with Crippen LogP contribution in [0.5, 0.6) is 0 Å². The molecule has 2 rings (SSSR count). The topological polar surface area (TPSA) is 0 Å². The van der Waals surface area contributed by atoms with Gasteiger partial charge < -0.3 is 0 Å². The number of hydrogen-bond acceptors (Lipinski definition) is 0. The van der Waals surface area contributed by atoms with Crippen molar-refractivity contribution < 1.29 is 17.1 Å². The molecule has 0 aliphatic carbocycles. The molecular formula is C12H12Fe. The van der Waals surface area contributed by atoms with Crippen molar-refractivity contribution in [3.05, 3.63) is 59.7 Å². The summed E-state index contributed by atoms with van der Waals surface area (Å²) in [4.78, 5) is 0. The van der Waals surface area contributed by atoms with E-state index in [2.05, 4.69) is 48.5 Å². The summed E-state index contributed by atoms with van der Waals surface area (Å²) in [5.41, 5.74) is 2.88. The summed E-state index contributed by atoms with van der Waals surface area (Å²) in [7, 11) is 0. The smallest absolute Gasteiger partial charge is 0.213 e. The van der Waals surface area contributed by atoms with Gasteiger partial charge in [-0.1, -0.05) is 0 Å². The van der Waals surface area contributed by atoms with Gasteiger partial charge >= 0.3 is 17.1 Å². The van der Waals surface area contributed by atoms with Crippen LogP contribution in [0.2, 0.25) is 0 Å². The van der Waals surface area contributed by atoms with Gasteiger partial charge in [-0.2, -0.15) is 35.4 Å². The monoisotopic (exact) mass is 212 g/mol. The van der Waals surface area contributed by atoms with Crippen molar-refractivity contribution in [2.45, 2.75) is 12.8 Å². The SMILES string of the molecule is [Fe+2].c1c[cH-]c(CCc2ccc[cH-]2)c1. The van der Waals surface area contributed by atoms with Crippen molar-refractivity contribution in [3.63, 3.8) is 0 Å². The Kier molecular flexibility index (Phi) is 4.01. The van der Waals surface area contributed by atoms with Crippen LogP contribution >= 0.6 is 0 Å². The molecule has 0 unspecified atom stereocenters. The first-order chi connectivity index (χ1) is 5.95. The molecule has 0 bridgehead atoms. The van der Waals surface area contributed by atoms with Gasteiger partial charge in [-0.25, -0.2) is 24.3 Å². The Morgan fingerprint density at radius 3 is 1.62 bits per heavy atom. The predicted molar refractivity (Wildman–Crippen MR) is 51.5 cm³/mol. The van der Waals surface area contributed by atoms with Crippen LogP contribution in [-0.4, -0.2) is 0 Å². The van der Waals surface area contributed by atoms with E-state index in [4.69, 9.17) is 0 Å². The first-order valence-electron chi connectivity index (χ1n) is 4.36. The van der Waals surface area contributed by atoms with Crippen LogP contribution < -0.4 is 0 Å². The minimum absolute atomic E-state index is 0. The molecule has 0 aromatic heterocycles. The maximum atomic E-state index is 2.18. The van der Waals surface area contributed by atoms with Gasteiger partial charge in [0.1, 0.15) is 0 Å². The van der Waals surface area contributed by atoms with Crippen LogP contribution in [0.1, 0.15) is 11.1 Å². The summed E-state index contributed by atoms with van der Waals surface area (Å²) >= 11 is 0. The fourth-order valence-electron chi connectivity index (χ4n) is 1.45. The van der Waals surface area contributed by atoms with Gasteiger partial charge in [-0.3, -0.25) is 0 Å². The molecule has 68 valence electrons. The van der Waals surface area contributed by atoms with E-state index in [0.717, 1.165) is 12.8 Å². The average molecular weight is 212 g/mol. The molecule has 0 saturated heterocycles. The largest absolute Gasteiger partial charge is 2.00 e. The van der Waals surface area contributed by atoms with E-state index in [1.807, 2.05) is 0 Å². The molecule has 1 heteroatoms. The molecule has 0 aliphatic rings. The zero-order chi connectivity index (χ0) is 8.23. The standard InChI is InChI=1S/C12H12.Fe/c1-2-6-11(5-1)9-10-12-7-3-4-8-12;/h1-8H,9-10H2;/q-2;+2. The molecule has 0 atom stereocenters. The van der Waals surface area contributed by atoms with Crippen LogP contribution in [0, 0.1) is 0 Å². The third-order valence-electron chi connectivity index (χ3n) is 2.17. The van der Waals surface area contributed by atoms with Crippen LogP contribution in [-0.2, 0) is 29.9 Å². The summed E-state index contributed by atoms with van der Waals surface area (Å²) in [5, 5.41) is 0. The second-order valence-corrected chi connectivity index (χ2v) is 3.09. The van der Waals surface area contributed by atoms with E-state index < -0.39 is 0 Å². The molecule has 2 aromatic carbocycles. The van der Waals surface area contributed by atoms with Gasteiger partial charge in [0.25, 0.3) is 0 Å². The molecular weight excluding hydrogens is 200 g/mol. The number of rotatable bonds is 3. The zero-order valence-corrected chi connectivity index (χ0v) is 8.49. The quantitative estimate of drug-likeness (QED) is 0.542. The maximum absolute atomic E-state index is 2.18. The van der Waals surface area contributed by atoms with Crippen LogP contribution in [0.25, 0.3) is 0 Å². The predicted octanol–water partition coefficient (Wildman–Crippen LogP) is 2.91. The Bertz CT molecular complexity index is 269.